The minimum atomic E-state index is -1.18. The first-order chi connectivity index (χ1) is 40.6. The molecule has 8 aliphatic carbocycles. The highest BCUT2D eigenvalue weighted by Gasteiger charge is 2.65. The largest absolute Gasteiger partial charge is 0.456 e. The minimum Gasteiger partial charge on any atom is -0.456 e. The van der Waals surface area contributed by atoms with Crippen molar-refractivity contribution in [2.75, 3.05) is 13.2 Å². The number of rotatable bonds is 12. The number of hydrogen-bond donors (Lipinski definition) is 2. The van der Waals surface area contributed by atoms with Crippen molar-refractivity contribution >= 4 is 35.8 Å². The molecule has 0 bridgehead atoms. The highest BCUT2D eigenvalue weighted by molar-refractivity contribution is 5.69. The molecule has 8 fully saturated rings. The van der Waals surface area contributed by atoms with E-state index in [9.17, 15) is 39.0 Å². The minimum absolute atomic E-state index is 0.111. The van der Waals surface area contributed by atoms with Crippen molar-refractivity contribution in [1.82, 2.24) is 9.97 Å². The van der Waals surface area contributed by atoms with Crippen molar-refractivity contribution < 1.29 is 86.3 Å². The van der Waals surface area contributed by atoms with E-state index in [4.69, 9.17) is 57.3 Å². The molecule has 1 aromatic heterocycles. The van der Waals surface area contributed by atoms with E-state index in [1.807, 2.05) is 0 Å². The number of nitrogens with zero attached hydrogens (tertiary/aromatic N) is 2. The topological polar surface area (TPSA) is 261 Å². The van der Waals surface area contributed by atoms with Gasteiger partial charge in [0.2, 0.25) is 0 Å². The number of fused-ring (bicyclic) bond motifs is 12. The molecule has 3 heterocycles. The highest BCUT2D eigenvalue weighted by Crippen LogP contribution is 2.69. The van der Waals surface area contributed by atoms with Crippen LogP contribution in [-0.4, -0.2) is 143 Å². The van der Waals surface area contributed by atoms with Crippen molar-refractivity contribution in [3.63, 3.8) is 0 Å². The van der Waals surface area contributed by atoms with Crippen molar-refractivity contribution in [3.8, 4) is 0 Å². The number of carbonyl (C=O) groups excluding carboxylic acids is 6. The quantitative estimate of drug-likeness (QED) is 0.118. The first-order valence-corrected chi connectivity index (χ1v) is 31.8. The second kappa shape index (κ2) is 23.8. The van der Waals surface area contributed by atoms with Gasteiger partial charge in [0.25, 0.3) is 0 Å². The molecule has 474 valence electrons. The predicted molar refractivity (Wildman–Crippen MR) is 305 cm³/mol. The van der Waals surface area contributed by atoms with Crippen LogP contribution in [0.5, 0.6) is 0 Å². The zero-order valence-electron chi connectivity index (χ0n) is 52.3. The lowest BCUT2D eigenvalue weighted by Crippen LogP contribution is -2.61. The molecule has 10 aliphatic rings. The Kier molecular flexibility index (Phi) is 17.4. The number of ether oxygens (including phenoxy) is 10. The SMILES string of the molecule is CC(=O)O[C@@H]1[C@@H](OC(C)=O)[C@H](C)O[C@@H](OC/C=C2\CC[C@H]3[C@@H]4CC[C@H]5Cc6nc7c(nc6C[C@]5(C)[C@H]4[C@@H](O)C[C@]23C)C[C@@H]2CC[C@@H]3[C@H]([C@@H](O)C[C@]4(C)/C(=C/CO[C@H]5O[C@@H](C)[C@H](OC(C)=O)[C@@H](OC(C)=O)[C@H]5OC(C)=O)CC[C@@H]34)[C@@]2(C)C7)[C@@H]1OC(C)=O. The maximum absolute atomic E-state index is 12.6. The Bertz CT molecular complexity index is 2700. The van der Waals surface area contributed by atoms with Gasteiger partial charge in [0.05, 0.1) is 60.4 Å². The highest BCUT2D eigenvalue weighted by atomic mass is 16.7. The van der Waals surface area contributed by atoms with E-state index in [0.717, 1.165) is 99.8 Å². The number of carbonyl (C=O) groups is 6. The molecule has 0 spiro atoms. The summed E-state index contributed by atoms with van der Waals surface area (Å²) in [6.07, 6.45) is 5.26. The third kappa shape index (κ3) is 11.3. The van der Waals surface area contributed by atoms with E-state index in [0.29, 0.717) is 48.3 Å². The summed E-state index contributed by atoms with van der Waals surface area (Å²) in [4.78, 5) is 84.6. The Balaban J connectivity index is 0.753. The summed E-state index contributed by atoms with van der Waals surface area (Å²) in [6, 6.07) is 0. The van der Waals surface area contributed by atoms with Crippen LogP contribution in [0, 0.1) is 69.0 Å². The van der Waals surface area contributed by atoms with Crippen molar-refractivity contribution in [2.45, 2.75) is 247 Å². The number of esters is 6. The normalized spacial score (nSPS) is 44.6. The summed E-state index contributed by atoms with van der Waals surface area (Å²) >= 11 is 0. The van der Waals surface area contributed by atoms with Gasteiger partial charge in [-0.15, -0.1) is 0 Å². The summed E-state index contributed by atoms with van der Waals surface area (Å²) in [6.45, 7) is 20.6. The standard InChI is InChI=1S/C66H92N2O18/c1-31-55(81-33(3)69)57(83-35(5)71)59(85-37(7)73)61(79-31)77-23-21-39-15-19-45-43-17-13-41-25-47-49(27-65(41,11)53(43)51(75)29-63(39,45)9)67-48-26-42-14-18-44-46-20-16-40(64(46,10)30-52(76)54(44)66(42,12)28-50(48)68-47)22-24-78-62-60(86-38(8)74)58(84-36(6)72)56(32(2)80-62)82-34(4)70/h21-22,31-32,41-46,51-62,75-76H,13-20,23-30H2,1-12H3/b39-21+,40-22+/t31-,32-,41-,42-,43-,44-,45-,46-,51-,52-,53+,54+,55-,56-,57+,58+,59+,60+,61-,62+,63+,64+,65-,66-/m0/s1. The predicted octanol–water partition coefficient (Wildman–Crippen LogP) is 7.30. The van der Waals surface area contributed by atoms with Crippen LogP contribution in [0.1, 0.15) is 170 Å². The number of aromatic nitrogens is 2. The van der Waals surface area contributed by atoms with Gasteiger partial charge in [-0.1, -0.05) is 51.0 Å². The lowest BCUT2D eigenvalue weighted by Gasteiger charge is -2.62. The molecule has 2 saturated heterocycles. The summed E-state index contributed by atoms with van der Waals surface area (Å²) in [5.74, 6) is -1.37. The molecule has 2 aliphatic heterocycles. The molecule has 0 aromatic carbocycles. The fourth-order valence-electron chi connectivity index (χ4n) is 20.0. The number of allylic oxidation sites excluding steroid dienone is 2. The first-order valence-electron chi connectivity index (χ1n) is 31.8. The maximum Gasteiger partial charge on any atom is 0.303 e. The van der Waals surface area contributed by atoms with Gasteiger partial charge in [0.1, 0.15) is 0 Å². The van der Waals surface area contributed by atoms with Crippen molar-refractivity contribution in [1.29, 1.82) is 0 Å². The van der Waals surface area contributed by atoms with E-state index >= 15 is 0 Å². The third-order valence-corrected chi connectivity index (χ3v) is 23.3. The van der Waals surface area contributed by atoms with E-state index < -0.39 is 109 Å². The molecule has 0 amide bonds. The Morgan fingerprint density at radius 3 is 1.17 bits per heavy atom. The van der Waals surface area contributed by atoms with Crippen LogP contribution in [0.25, 0.3) is 0 Å². The van der Waals surface area contributed by atoms with Crippen LogP contribution >= 0.6 is 0 Å². The van der Waals surface area contributed by atoms with Crippen LogP contribution < -0.4 is 0 Å². The van der Waals surface area contributed by atoms with Gasteiger partial charge in [-0.25, -0.2) is 0 Å². The number of hydrogen-bond acceptors (Lipinski definition) is 20. The maximum atomic E-state index is 12.6. The van der Waals surface area contributed by atoms with Crippen molar-refractivity contribution in [3.05, 3.63) is 46.1 Å². The zero-order chi connectivity index (χ0) is 61.7. The monoisotopic (exact) mass is 1200 g/mol. The van der Waals surface area contributed by atoms with Gasteiger partial charge in [0.15, 0.2) is 49.2 Å². The first kappa shape index (κ1) is 62.7. The van der Waals surface area contributed by atoms with Gasteiger partial charge in [-0.3, -0.25) is 38.7 Å². The lowest BCUT2D eigenvalue weighted by atomic mass is 9.44. The van der Waals surface area contributed by atoms with E-state index in [1.54, 1.807) is 13.8 Å². The average molecular weight is 1200 g/mol. The van der Waals surface area contributed by atoms with Gasteiger partial charge in [-0.2, -0.15) is 0 Å². The Morgan fingerprint density at radius 1 is 0.488 bits per heavy atom. The van der Waals surface area contributed by atoms with Crippen LogP contribution in [0.2, 0.25) is 0 Å². The third-order valence-electron chi connectivity index (χ3n) is 23.3. The van der Waals surface area contributed by atoms with Crippen LogP contribution in [-0.2, 0) is 102 Å². The number of aliphatic hydroxyl groups is 2. The fraction of sp³-hybridized carbons (Fsp3) is 0.788. The van der Waals surface area contributed by atoms with Gasteiger partial charge in [-0.05, 0) is 173 Å². The second-order valence-electron chi connectivity index (χ2n) is 28.4. The summed E-state index contributed by atoms with van der Waals surface area (Å²) < 4.78 is 58.4. The van der Waals surface area contributed by atoms with Gasteiger partial charge < -0.3 is 57.6 Å². The fourth-order valence-corrected chi connectivity index (χ4v) is 20.0. The lowest BCUT2D eigenvalue weighted by molar-refractivity contribution is -0.298. The Labute approximate surface area is 505 Å². The molecule has 20 heteroatoms. The molecule has 1 aromatic rings. The summed E-state index contributed by atoms with van der Waals surface area (Å²) in [5.41, 5.74) is 6.06. The van der Waals surface area contributed by atoms with Gasteiger partial charge in [0, 0.05) is 41.5 Å². The Morgan fingerprint density at radius 2 is 0.826 bits per heavy atom. The van der Waals surface area contributed by atoms with E-state index in [-0.39, 0.29) is 46.7 Å². The molecule has 86 heavy (non-hydrogen) atoms. The second-order valence-corrected chi connectivity index (χ2v) is 28.4. The molecule has 0 radical (unpaired) electrons. The van der Waals surface area contributed by atoms with Crippen molar-refractivity contribution in [2.24, 2.45) is 69.0 Å². The zero-order valence-corrected chi connectivity index (χ0v) is 52.3. The molecular formula is C66H92N2O18. The van der Waals surface area contributed by atoms with Gasteiger partial charge >= 0.3 is 35.8 Å². The van der Waals surface area contributed by atoms with Crippen LogP contribution in [0.4, 0.5) is 0 Å². The molecular weight excluding hydrogens is 1110 g/mol. The molecule has 24 atom stereocenters. The van der Waals surface area contributed by atoms with E-state index in [2.05, 4.69) is 39.8 Å². The smallest absolute Gasteiger partial charge is 0.303 e. The molecule has 20 nitrogen and oxygen atoms in total. The average Bonchev–Trinajstić information content (AvgIpc) is 1.19. The summed E-state index contributed by atoms with van der Waals surface area (Å²) in [7, 11) is 0. The van der Waals surface area contributed by atoms with Crippen LogP contribution in [0.15, 0.2) is 23.3 Å². The molecule has 6 saturated carbocycles. The Hall–Kier alpha value is -4.86. The number of aliphatic hydroxyl groups excluding tert-OH is 2. The van der Waals surface area contributed by atoms with E-state index in [1.165, 1.54) is 52.7 Å². The van der Waals surface area contributed by atoms with Crippen LogP contribution in [0.3, 0.4) is 0 Å². The summed E-state index contributed by atoms with van der Waals surface area (Å²) in [5, 5.41) is 25.2. The molecule has 2 N–H and O–H groups in total. The molecule has 11 rings (SSSR count). The molecule has 0 unspecified atom stereocenters.